The van der Waals surface area contributed by atoms with Crippen LogP contribution in [0.5, 0.6) is 0 Å². The predicted octanol–water partition coefficient (Wildman–Crippen LogP) is 13.5. The number of imide groups is 1. The second kappa shape index (κ2) is 34.5. The number of fused-ring (bicyclic) bond motifs is 4. The highest BCUT2D eigenvalue weighted by Crippen LogP contribution is 2.42. The van der Waals surface area contributed by atoms with Gasteiger partial charge in [-0.25, -0.2) is 52.5 Å². The summed E-state index contributed by atoms with van der Waals surface area (Å²) < 4.78 is 316. The predicted molar refractivity (Wildman–Crippen MR) is 342 cm³/mol. The van der Waals surface area contributed by atoms with E-state index in [9.17, 15) is 121 Å². The van der Waals surface area contributed by atoms with Gasteiger partial charge in [0, 0.05) is 92.6 Å². The molecule has 27 nitrogen and oxygen atoms in total. The number of ether oxygens (including phenoxy) is 5. The maximum Gasteiger partial charge on any atom is 0.435 e. The molecule has 0 saturated carbocycles. The highest BCUT2D eigenvalue weighted by atomic mass is 35.5. The molecule has 6 amide bonds. The van der Waals surface area contributed by atoms with Gasteiger partial charge in [0.1, 0.15) is 20.0 Å². The van der Waals surface area contributed by atoms with Crippen LogP contribution in [0.15, 0.2) is 12.2 Å². The molecule has 620 valence electrons. The third kappa shape index (κ3) is 21.8. The van der Waals surface area contributed by atoms with E-state index in [0.717, 1.165) is 78.1 Å². The summed E-state index contributed by atoms with van der Waals surface area (Å²) in [5, 5.41) is 14.2. The van der Waals surface area contributed by atoms with Gasteiger partial charge < -0.3 is 43.3 Å². The van der Waals surface area contributed by atoms with E-state index in [-0.39, 0.29) is 114 Å². The van der Waals surface area contributed by atoms with Crippen LogP contribution in [0, 0.1) is 17.8 Å². The van der Waals surface area contributed by atoms with Crippen molar-refractivity contribution in [2.75, 3.05) is 61.2 Å². The minimum atomic E-state index is -4.90. The molecule has 0 N–H and O–H groups in total. The van der Waals surface area contributed by atoms with Crippen LogP contribution in [0.2, 0.25) is 0 Å². The van der Waals surface area contributed by atoms with Crippen molar-refractivity contribution in [2.45, 2.75) is 147 Å². The normalized spacial score (nSPS) is 18.3. The molecule has 0 aliphatic carbocycles. The van der Waals surface area contributed by atoms with E-state index in [1.165, 1.54) is 35.4 Å². The summed E-state index contributed by atoms with van der Waals surface area (Å²) in [4.78, 5) is 79.2. The third-order valence-electron chi connectivity index (χ3n) is 16.3. The fourth-order valence-corrected chi connectivity index (χ4v) is 15.9. The summed E-state index contributed by atoms with van der Waals surface area (Å²) in [7, 11) is 5.60. The molecule has 8 aromatic heterocycles. The number of carbonyl (C=O) groups excluding carboxylic acids is 5. The molecule has 0 spiro atoms. The van der Waals surface area contributed by atoms with Crippen LogP contribution in [0.4, 0.5) is 106 Å². The van der Waals surface area contributed by atoms with Crippen molar-refractivity contribution in [3.05, 3.63) is 77.7 Å². The average molecular weight is 1730 g/mol. The Labute approximate surface area is 634 Å². The van der Waals surface area contributed by atoms with Gasteiger partial charge in [-0.05, 0) is 36.4 Å². The van der Waals surface area contributed by atoms with E-state index < -0.39 is 183 Å². The average Bonchev–Trinajstić information content (AvgIpc) is 1.62. The van der Waals surface area contributed by atoms with E-state index in [2.05, 4.69) is 45.1 Å². The van der Waals surface area contributed by atoms with Crippen LogP contribution in [0.1, 0.15) is 111 Å². The second-order valence-electron chi connectivity index (χ2n) is 24.8. The monoisotopic (exact) mass is 1730 g/mol. The molecule has 12 heterocycles. The molecule has 4 aliphatic heterocycles. The molecule has 4 aliphatic rings. The van der Waals surface area contributed by atoms with Gasteiger partial charge in [-0.2, -0.15) is 117 Å². The SMILES string of the molecule is CCOC(=O)N1C(=O)N(Cc2c(C(F)(F)F)nc3sc(COC)nn23)CC1CC(F)(F)F.COCc1nn2c(CN3CC(C=C(F)F)CC3=O)c(C(F)(F)F)nc2s1.COCc1nn2c(CN3CC(CC(F)(F)Cl)CC3=O)c(C(F)(F)F)nc2s1.COCc1nn2c(CN3CC(CC(F)(F)F)CC3=O)c(C(F)(F)F)nc2s1. The molecule has 112 heavy (non-hydrogen) atoms. The first kappa shape index (κ1) is 87.8. The number of urea groups is 1. The zero-order valence-electron chi connectivity index (χ0n) is 57.8. The number of halogens is 23. The number of hydrogen-bond acceptors (Lipinski definition) is 22. The van der Waals surface area contributed by atoms with Crippen LogP contribution < -0.4 is 0 Å². The number of nitrogens with zero attached hydrogens (tertiary/aromatic N) is 17. The van der Waals surface area contributed by atoms with E-state index >= 15 is 0 Å². The van der Waals surface area contributed by atoms with Crippen LogP contribution in [0.3, 0.4) is 0 Å². The summed E-state index contributed by atoms with van der Waals surface area (Å²) in [5.41, 5.74) is -6.35. The molecule has 0 aromatic carbocycles. The molecule has 0 radical (unpaired) electrons. The summed E-state index contributed by atoms with van der Waals surface area (Å²) in [6.07, 6.45) is -35.0. The number of hydrogen-bond donors (Lipinski definition) is 0. The second-order valence-corrected chi connectivity index (χ2v) is 29.6. The molecule has 54 heteroatoms. The van der Waals surface area contributed by atoms with Gasteiger partial charge in [0.2, 0.25) is 37.6 Å². The Morgan fingerprint density at radius 3 is 1.06 bits per heavy atom. The number of imidazole rings is 4. The molecule has 4 fully saturated rings. The van der Waals surface area contributed by atoms with Crippen molar-refractivity contribution >= 4 is 107 Å². The fourth-order valence-electron chi connectivity index (χ4n) is 12.1. The van der Waals surface area contributed by atoms with E-state index in [0.29, 0.717) is 31.0 Å². The number of methoxy groups -OCH3 is 4. The lowest BCUT2D eigenvalue weighted by Crippen LogP contribution is -2.42. The number of rotatable bonds is 22. The van der Waals surface area contributed by atoms with Crippen LogP contribution in [-0.2, 0) is 115 Å². The quantitative estimate of drug-likeness (QED) is 0.0450. The Bertz CT molecular complexity index is 4570. The molecule has 8 aromatic rings. The largest absolute Gasteiger partial charge is 0.449 e. The van der Waals surface area contributed by atoms with Crippen LogP contribution in [0.25, 0.3) is 19.8 Å². The minimum absolute atomic E-state index is 0.00174. The van der Waals surface area contributed by atoms with Gasteiger partial charge >= 0.3 is 54.6 Å². The van der Waals surface area contributed by atoms with Gasteiger partial charge in [0.15, 0.2) is 22.8 Å². The standard InChI is InChI=1S/C16H17F6N5O4S.C14H14ClF5N4O2S.C14H14F6N4O2S.C14H13F5N4O2S/c1-3-31-14(29)26-8(4-15(17,18)19)5-25(13(26)28)6-9-11(16(20,21)22)23-12-27(9)24-10(32-12)7-30-2;2*1-26-6-9-22-24-8(11(14(18,19)20)21-12(24)27-9)5-23-4-7(2-10(23)25)3-13(15,16)17;1-25-6-10-21-23-8(12(14(17,18)19)20-13(23)26-10)5-22-4-7(2-9(15)16)3-11(22)24/h8H,3-7H2,1-2H3;2*7H,2-6H2,1H3;2,7H,3-6H2,1H3. The summed E-state index contributed by atoms with van der Waals surface area (Å²) in [6.45, 7) is -1.76. The molecule has 0 bridgehead atoms. The lowest BCUT2D eigenvalue weighted by atomic mass is 10.1. The van der Waals surface area contributed by atoms with E-state index in [4.69, 9.17) is 30.5 Å². The maximum atomic E-state index is 13.5. The zero-order chi connectivity index (χ0) is 82.9. The Kier molecular flexibility index (Phi) is 27.1. The molecular formula is C58H58ClF22N17O10S4. The van der Waals surface area contributed by atoms with Crippen molar-refractivity contribution in [1.82, 2.24) is 82.9 Å². The number of carbonyl (C=O) groups is 5. The van der Waals surface area contributed by atoms with Crippen molar-refractivity contribution in [3.8, 4) is 0 Å². The van der Waals surface area contributed by atoms with Crippen LogP contribution >= 0.6 is 56.9 Å². The first-order valence-corrected chi connectivity index (χ1v) is 35.7. The minimum Gasteiger partial charge on any atom is -0.449 e. The Morgan fingerprint density at radius 1 is 0.455 bits per heavy atom. The first-order chi connectivity index (χ1) is 52.0. The van der Waals surface area contributed by atoms with E-state index in [1.54, 1.807) is 0 Å². The molecule has 4 saturated heterocycles. The Hall–Kier alpha value is -8.12. The topological polar surface area (TPSA) is 268 Å². The van der Waals surface area contributed by atoms with Crippen molar-refractivity contribution in [2.24, 2.45) is 17.8 Å². The van der Waals surface area contributed by atoms with Crippen molar-refractivity contribution in [1.29, 1.82) is 0 Å². The molecule has 4 atom stereocenters. The third-order valence-corrected chi connectivity index (χ3v) is 20.0. The molecular weight excluding hydrogens is 1680 g/mol. The highest BCUT2D eigenvalue weighted by molar-refractivity contribution is 7.17. The summed E-state index contributed by atoms with van der Waals surface area (Å²) in [5.74, 6) is -4.08. The van der Waals surface area contributed by atoms with E-state index in [1.807, 2.05) is 0 Å². The number of aromatic nitrogens is 12. The Balaban J connectivity index is 0.000000172. The Morgan fingerprint density at radius 2 is 0.768 bits per heavy atom. The number of likely N-dealkylation sites (tertiary alicyclic amines) is 3. The number of alkyl halides is 21. The molecule has 12 rings (SSSR count). The summed E-state index contributed by atoms with van der Waals surface area (Å²) >= 11 is 8.52. The van der Waals surface area contributed by atoms with Gasteiger partial charge in [0.25, 0.3) is 6.08 Å². The smallest absolute Gasteiger partial charge is 0.435 e. The number of amides is 6. The molecule has 4 unspecified atom stereocenters. The van der Waals surface area contributed by atoms with Crippen molar-refractivity contribution < 1.29 is 144 Å². The highest BCUT2D eigenvalue weighted by Gasteiger charge is 2.51. The van der Waals surface area contributed by atoms with Gasteiger partial charge in [-0.15, -0.1) is 0 Å². The zero-order valence-corrected chi connectivity index (χ0v) is 61.9. The van der Waals surface area contributed by atoms with Gasteiger partial charge in [-0.1, -0.05) is 45.3 Å². The summed E-state index contributed by atoms with van der Waals surface area (Å²) in [6, 6.07) is -2.85. The lowest BCUT2D eigenvalue weighted by molar-refractivity contribution is -0.144. The van der Waals surface area contributed by atoms with Crippen LogP contribution in [-0.4, -0.2) is 198 Å². The van der Waals surface area contributed by atoms with Gasteiger partial charge in [0.05, 0.1) is 94.5 Å². The van der Waals surface area contributed by atoms with Crippen molar-refractivity contribution in [3.63, 3.8) is 0 Å². The fraction of sp³-hybridized carbons (Fsp3) is 0.603. The maximum absolute atomic E-state index is 13.5. The van der Waals surface area contributed by atoms with Gasteiger partial charge in [-0.3, -0.25) is 14.4 Å². The first-order valence-electron chi connectivity index (χ1n) is 32.0. The lowest BCUT2D eigenvalue weighted by Gasteiger charge is -2.21.